The van der Waals surface area contributed by atoms with Gasteiger partial charge in [0.1, 0.15) is 11.5 Å². The molecule has 158 valence electrons. The second-order valence-electron chi connectivity index (χ2n) is 7.16. The number of Topliss-reactive ketones (excluding diaryl/α,β-unsaturated/α-hetero) is 1. The van der Waals surface area contributed by atoms with Crippen molar-refractivity contribution >= 4 is 17.4 Å². The Kier molecular flexibility index (Phi) is 5.79. The summed E-state index contributed by atoms with van der Waals surface area (Å²) < 4.78 is 7.06. The summed E-state index contributed by atoms with van der Waals surface area (Å²) in [4.78, 5) is 35.5. The van der Waals surface area contributed by atoms with Crippen LogP contribution in [0.5, 0.6) is 5.75 Å². The summed E-state index contributed by atoms with van der Waals surface area (Å²) in [5.41, 5.74) is 1.16. The molecule has 0 saturated carbocycles. The fourth-order valence-electron chi connectivity index (χ4n) is 3.74. The van der Waals surface area contributed by atoms with Gasteiger partial charge in [-0.15, -0.1) is 0 Å². The van der Waals surface area contributed by atoms with Gasteiger partial charge in [0.25, 0.3) is 11.7 Å². The molecule has 1 atom stereocenters. The number of imidazole rings is 1. The number of nitrogens with zero attached hydrogens (tertiary/aromatic N) is 4. The number of pyridine rings is 1. The predicted molar refractivity (Wildman–Crippen MR) is 113 cm³/mol. The number of aliphatic hydroxyl groups excluding tert-OH is 1. The van der Waals surface area contributed by atoms with Crippen LogP contribution < -0.4 is 4.74 Å². The van der Waals surface area contributed by atoms with E-state index in [4.69, 9.17) is 4.74 Å². The lowest BCUT2D eigenvalue weighted by atomic mass is 9.96. The van der Waals surface area contributed by atoms with Gasteiger partial charge in [0.2, 0.25) is 0 Å². The van der Waals surface area contributed by atoms with Gasteiger partial charge >= 0.3 is 0 Å². The summed E-state index contributed by atoms with van der Waals surface area (Å²) in [6.45, 7) is 1.00. The number of ketones is 1. The zero-order valence-electron chi connectivity index (χ0n) is 17.0. The molecule has 31 heavy (non-hydrogen) atoms. The average molecular weight is 418 g/mol. The van der Waals surface area contributed by atoms with Gasteiger partial charge in [-0.2, -0.15) is 0 Å². The molecule has 8 heteroatoms. The molecule has 3 heterocycles. The van der Waals surface area contributed by atoms with E-state index in [-0.39, 0.29) is 11.3 Å². The van der Waals surface area contributed by atoms with Crippen LogP contribution in [0.15, 0.2) is 73.1 Å². The van der Waals surface area contributed by atoms with Crippen LogP contribution in [-0.4, -0.2) is 49.9 Å². The maximum atomic E-state index is 13.0. The van der Waals surface area contributed by atoms with Crippen LogP contribution >= 0.6 is 0 Å². The van der Waals surface area contributed by atoms with Crippen molar-refractivity contribution in [1.29, 1.82) is 0 Å². The Balaban J connectivity index is 1.70. The van der Waals surface area contributed by atoms with E-state index in [2.05, 4.69) is 9.97 Å². The molecule has 1 unspecified atom stereocenters. The van der Waals surface area contributed by atoms with Gasteiger partial charge in [-0.25, -0.2) is 4.98 Å². The third-order valence-electron chi connectivity index (χ3n) is 5.28. The Morgan fingerprint density at radius 2 is 1.90 bits per heavy atom. The third kappa shape index (κ3) is 4.05. The van der Waals surface area contributed by atoms with Gasteiger partial charge in [-0.1, -0.05) is 6.07 Å². The fraction of sp³-hybridized carbons (Fsp3) is 0.217. The van der Waals surface area contributed by atoms with Crippen molar-refractivity contribution in [3.05, 3.63) is 84.2 Å². The molecule has 1 saturated heterocycles. The minimum absolute atomic E-state index is 0.0609. The van der Waals surface area contributed by atoms with E-state index in [1.165, 1.54) is 4.90 Å². The number of carbonyl (C=O) groups excluding carboxylic acids is 2. The van der Waals surface area contributed by atoms with Gasteiger partial charge in [0.15, 0.2) is 0 Å². The van der Waals surface area contributed by atoms with Crippen molar-refractivity contribution < 1.29 is 19.4 Å². The van der Waals surface area contributed by atoms with E-state index >= 15 is 0 Å². The molecular weight excluding hydrogens is 396 g/mol. The average Bonchev–Trinajstić information content (AvgIpc) is 3.41. The number of rotatable bonds is 7. The molecule has 0 spiro atoms. The molecule has 1 aliphatic heterocycles. The van der Waals surface area contributed by atoms with Crippen molar-refractivity contribution in [1.82, 2.24) is 19.4 Å². The molecule has 0 bridgehead atoms. The zero-order chi connectivity index (χ0) is 21.8. The Morgan fingerprint density at radius 1 is 1.10 bits per heavy atom. The molecule has 3 aromatic rings. The lowest BCUT2D eigenvalue weighted by Crippen LogP contribution is -2.31. The van der Waals surface area contributed by atoms with E-state index < -0.39 is 17.7 Å². The first kappa shape index (κ1) is 20.3. The smallest absolute Gasteiger partial charge is 0.295 e. The van der Waals surface area contributed by atoms with Crippen LogP contribution in [0, 0.1) is 0 Å². The minimum atomic E-state index is -0.710. The molecule has 8 nitrogen and oxygen atoms in total. The standard InChI is InChI=1S/C23H22N4O4/c1-31-18-7-5-16(6-8-18)21(28)19-20(17-4-2-9-24-14-17)27(23(30)22(19)29)12-3-11-26-13-10-25-15-26/h2,4-10,13-15,20,28H,3,11-12H2,1H3/b21-19-. The van der Waals surface area contributed by atoms with Crippen LogP contribution in [0.1, 0.15) is 23.6 Å². The van der Waals surface area contributed by atoms with E-state index in [0.717, 1.165) is 0 Å². The third-order valence-corrected chi connectivity index (χ3v) is 5.28. The van der Waals surface area contributed by atoms with E-state index in [9.17, 15) is 14.7 Å². The largest absolute Gasteiger partial charge is 0.507 e. The number of aliphatic hydroxyl groups is 1. The second kappa shape index (κ2) is 8.83. The van der Waals surface area contributed by atoms with Crippen LogP contribution in [0.3, 0.4) is 0 Å². The molecule has 4 rings (SSSR count). The number of ether oxygens (including phenoxy) is 1. The number of benzene rings is 1. The van der Waals surface area contributed by atoms with Gasteiger partial charge < -0.3 is 19.3 Å². The summed E-state index contributed by atoms with van der Waals surface area (Å²) in [6.07, 6.45) is 9.10. The number of carbonyl (C=O) groups is 2. The van der Waals surface area contributed by atoms with Crippen molar-refractivity contribution in [2.24, 2.45) is 0 Å². The van der Waals surface area contributed by atoms with Crippen molar-refractivity contribution in [3.63, 3.8) is 0 Å². The monoisotopic (exact) mass is 418 g/mol. The first-order chi connectivity index (χ1) is 15.1. The predicted octanol–water partition coefficient (Wildman–Crippen LogP) is 2.80. The van der Waals surface area contributed by atoms with Gasteiger partial charge in [0.05, 0.1) is 25.1 Å². The molecule has 1 amide bonds. The number of aryl methyl sites for hydroxylation is 1. The normalized spacial score (nSPS) is 17.8. The lowest BCUT2D eigenvalue weighted by molar-refractivity contribution is -0.139. The molecule has 1 fully saturated rings. The molecule has 0 radical (unpaired) electrons. The highest BCUT2D eigenvalue weighted by Crippen LogP contribution is 2.39. The van der Waals surface area contributed by atoms with Gasteiger partial charge in [-0.05, 0) is 42.3 Å². The Labute approximate surface area is 179 Å². The quantitative estimate of drug-likeness (QED) is 0.360. The van der Waals surface area contributed by atoms with Gasteiger partial charge in [0, 0.05) is 43.4 Å². The summed E-state index contributed by atoms with van der Waals surface area (Å²) in [6, 6.07) is 9.52. The maximum absolute atomic E-state index is 13.0. The van der Waals surface area contributed by atoms with Crippen LogP contribution in [0.25, 0.3) is 5.76 Å². The first-order valence-corrected chi connectivity index (χ1v) is 9.88. The summed E-state index contributed by atoms with van der Waals surface area (Å²) in [5.74, 6) is -0.924. The summed E-state index contributed by atoms with van der Waals surface area (Å²) in [7, 11) is 1.55. The molecule has 1 aliphatic rings. The first-order valence-electron chi connectivity index (χ1n) is 9.88. The van der Waals surface area contributed by atoms with Crippen LogP contribution in [0.2, 0.25) is 0 Å². The highest BCUT2D eigenvalue weighted by atomic mass is 16.5. The molecule has 1 aromatic carbocycles. The van der Waals surface area contributed by atoms with Crippen molar-refractivity contribution in [2.75, 3.05) is 13.7 Å². The maximum Gasteiger partial charge on any atom is 0.295 e. The molecule has 2 aromatic heterocycles. The topological polar surface area (TPSA) is 97.6 Å². The van der Waals surface area contributed by atoms with Crippen molar-refractivity contribution in [3.8, 4) is 5.75 Å². The zero-order valence-corrected chi connectivity index (χ0v) is 17.0. The number of hydrogen-bond donors (Lipinski definition) is 1. The van der Waals surface area contributed by atoms with E-state index in [0.29, 0.717) is 36.4 Å². The number of methoxy groups -OCH3 is 1. The SMILES string of the molecule is COc1ccc(/C(O)=C2/C(=O)C(=O)N(CCCn3ccnc3)C2c2cccnc2)cc1. The summed E-state index contributed by atoms with van der Waals surface area (Å²) in [5, 5.41) is 11.0. The van der Waals surface area contributed by atoms with Gasteiger partial charge in [-0.3, -0.25) is 14.6 Å². The second-order valence-corrected chi connectivity index (χ2v) is 7.16. The van der Waals surface area contributed by atoms with E-state index in [1.54, 1.807) is 68.4 Å². The van der Waals surface area contributed by atoms with Crippen LogP contribution in [-0.2, 0) is 16.1 Å². The molecule has 1 N–H and O–H groups in total. The van der Waals surface area contributed by atoms with Crippen molar-refractivity contribution in [2.45, 2.75) is 19.0 Å². The Morgan fingerprint density at radius 3 is 2.55 bits per heavy atom. The molecule has 0 aliphatic carbocycles. The number of likely N-dealkylation sites (tertiary alicyclic amines) is 1. The Hall–Kier alpha value is -3.94. The van der Waals surface area contributed by atoms with E-state index in [1.807, 2.05) is 10.8 Å². The molecular formula is C23H22N4O4. The lowest BCUT2D eigenvalue weighted by Gasteiger charge is -2.25. The summed E-state index contributed by atoms with van der Waals surface area (Å²) >= 11 is 0. The number of aromatic nitrogens is 3. The highest BCUT2D eigenvalue weighted by molar-refractivity contribution is 6.46. The number of amides is 1. The van der Waals surface area contributed by atoms with Crippen LogP contribution in [0.4, 0.5) is 0 Å². The number of hydrogen-bond acceptors (Lipinski definition) is 6. The minimum Gasteiger partial charge on any atom is -0.507 e. The highest BCUT2D eigenvalue weighted by Gasteiger charge is 2.45. The Bertz CT molecular complexity index is 1090. The fourth-order valence-corrected chi connectivity index (χ4v) is 3.74.